The van der Waals surface area contributed by atoms with Gasteiger partial charge in [-0.1, -0.05) is 6.92 Å². The molecule has 0 spiro atoms. The molecule has 0 unspecified atom stereocenters. The minimum absolute atomic E-state index is 0.0576. The van der Waals surface area contributed by atoms with E-state index in [0.29, 0.717) is 36.3 Å². The van der Waals surface area contributed by atoms with E-state index in [9.17, 15) is 14.4 Å². The molecule has 8 nitrogen and oxygen atoms in total. The van der Waals surface area contributed by atoms with Crippen molar-refractivity contribution in [2.24, 2.45) is 0 Å². The first-order valence-corrected chi connectivity index (χ1v) is 9.10. The van der Waals surface area contributed by atoms with Crippen molar-refractivity contribution in [1.29, 1.82) is 0 Å². The molecule has 1 fully saturated rings. The topological polar surface area (TPSA) is 105 Å². The normalized spacial score (nSPS) is 24.7. The van der Waals surface area contributed by atoms with Crippen molar-refractivity contribution in [1.82, 2.24) is 4.90 Å². The molecule has 2 aliphatic heterocycles. The summed E-state index contributed by atoms with van der Waals surface area (Å²) in [6.45, 7) is 1.98. The Morgan fingerprint density at radius 3 is 2.81 bits per heavy atom. The van der Waals surface area contributed by atoms with E-state index in [-0.39, 0.29) is 43.1 Å². The van der Waals surface area contributed by atoms with Gasteiger partial charge in [0, 0.05) is 19.2 Å². The Hall–Kier alpha value is -2.61. The van der Waals surface area contributed by atoms with Crippen LogP contribution >= 0.6 is 0 Å². The van der Waals surface area contributed by atoms with E-state index in [2.05, 4.69) is 5.32 Å². The first-order chi connectivity index (χ1) is 12.9. The van der Waals surface area contributed by atoms with Crippen LogP contribution in [0.3, 0.4) is 0 Å². The van der Waals surface area contributed by atoms with Crippen LogP contribution in [-0.4, -0.2) is 59.7 Å². The van der Waals surface area contributed by atoms with Gasteiger partial charge in [-0.25, -0.2) is 0 Å². The third kappa shape index (κ3) is 4.21. The third-order valence-corrected chi connectivity index (χ3v) is 5.02. The molecular weight excluding hydrogens is 352 g/mol. The minimum atomic E-state index is -0.901. The lowest BCUT2D eigenvalue weighted by Gasteiger charge is -2.42. The number of rotatable bonds is 4. The predicted molar refractivity (Wildman–Crippen MR) is 96.9 cm³/mol. The number of carboxylic acid groups (broad SMARTS) is 1. The molecule has 2 aliphatic rings. The van der Waals surface area contributed by atoms with Crippen LogP contribution in [0.4, 0.5) is 5.69 Å². The number of hydrogen-bond acceptors (Lipinski definition) is 5. The molecule has 0 aliphatic carbocycles. The van der Waals surface area contributed by atoms with Gasteiger partial charge in [0.05, 0.1) is 24.1 Å². The average Bonchev–Trinajstić information content (AvgIpc) is 2.64. The van der Waals surface area contributed by atoms with Crippen LogP contribution in [0.1, 0.15) is 43.0 Å². The first kappa shape index (κ1) is 19.2. The fourth-order valence-corrected chi connectivity index (χ4v) is 3.55. The highest BCUT2D eigenvalue weighted by atomic mass is 16.5. The summed E-state index contributed by atoms with van der Waals surface area (Å²) in [6.07, 6.45) is 0.754. The Bertz CT molecular complexity index is 750. The zero-order chi connectivity index (χ0) is 19.6. The van der Waals surface area contributed by atoms with E-state index in [0.717, 1.165) is 0 Å². The molecule has 3 rings (SSSR count). The van der Waals surface area contributed by atoms with Crippen molar-refractivity contribution < 1.29 is 29.0 Å². The number of carbonyl (C=O) groups excluding carboxylic acids is 2. The van der Waals surface area contributed by atoms with Gasteiger partial charge in [-0.3, -0.25) is 14.4 Å². The lowest BCUT2D eigenvalue weighted by Crippen LogP contribution is -2.53. The number of anilines is 1. The number of aliphatic carboxylic acids is 1. The van der Waals surface area contributed by atoms with Gasteiger partial charge in [0.2, 0.25) is 5.91 Å². The van der Waals surface area contributed by atoms with E-state index < -0.39 is 5.97 Å². The smallest absolute Gasteiger partial charge is 0.305 e. The van der Waals surface area contributed by atoms with Crippen molar-refractivity contribution in [3.8, 4) is 5.75 Å². The molecule has 0 bridgehead atoms. The maximum atomic E-state index is 13.0. The highest BCUT2D eigenvalue weighted by molar-refractivity contribution is 5.99. The van der Waals surface area contributed by atoms with Crippen LogP contribution in [0.2, 0.25) is 0 Å². The fourth-order valence-electron chi connectivity index (χ4n) is 3.55. The summed E-state index contributed by atoms with van der Waals surface area (Å²) in [5.74, 6) is -0.828. The van der Waals surface area contributed by atoms with E-state index >= 15 is 0 Å². The molecule has 3 atom stereocenters. The number of fused-ring (bicyclic) bond motifs is 2. The Morgan fingerprint density at radius 1 is 1.33 bits per heavy atom. The van der Waals surface area contributed by atoms with E-state index in [1.807, 2.05) is 0 Å². The van der Waals surface area contributed by atoms with Crippen molar-refractivity contribution in [2.45, 2.75) is 50.9 Å². The first-order valence-electron chi connectivity index (χ1n) is 9.10. The zero-order valence-electron chi connectivity index (χ0n) is 15.4. The number of amides is 2. The summed E-state index contributed by atoms with van der Waals surface area (Å²) in [5, 5.41) is 11.7. The molecule has 2 amide bonds. The number of nitrogens with zero attached hydrogens (tertiary/aromatic N) is 1. The van der Waals surface area contributed by atoms with Gasteiger partial charge in [0.15, 0.2) is 0 Å². The molecule has 0 aromatic heterocycles. The molecule has 146 valence electrons. The second-order valence-corrected chi connectivity index (χ2v) is 6.88. The molecular formula is C19H24N2O6. The Labute approximate surface area is 157 Å². The summed E-state index contributed by atoms with van der Waals surface area (Å²) < 4.78 is 11.7. The van der Waals surface area contributed by atoms with E-state index in [4.69, 9.17) is 14.6 Å². The summed E-state index contributed by atoms with van der Waals surface area (Å²) in [7, 11) is 1.72. The van der Waals surface area contributed by atoms with Gasteiger partial charge in [-0.15, -0.1) is 0 Å². The number of carbonyl (C=O) groups is 3. The highest BCUT2D eigenvalue weighted by Gasteiger charge is 2.39. The SMILES string of the molecule is CCC(=O)Nc1ccc2c(c1)C(=O)N(C)[C@H]1CC[C@@H](CC(=O)O)O[C@@H]1CO2. The second-order valence-electron chi connectivity index (χ2n) is 6.88. The minimum Gasteiger partial charge on any atom is -0.490 e. The Morgan fingerprint density at radius 2 is 2.11 bits per heavy atom. The van der Waals surface area contributed by atoms with Gasteiger partial charge in [-0.05, 0) is 31.0 Å². The molecule has 0 radical (unpaired) electrons. The summed E-state index contributed by atoms with van der Waals surface area (Å²) in [6, 6.07) is 4.78. The van der Waals surface area contributed by atoms with E-state index in [1.165, 1.54) is 0 Å². The predicted octanol–water partition coefficient (Wildman–Crippen LogP) is 1.89. The van der Waals surface area contributed by atoms with E-state index in [1.54, 1.807) is 37.1 Å². The molecule has 8 heteroatoms. The number of likely N-dealkylation sites (N-methyl/N-ethyl adjacent to an activating group) is 1. The Kier molecular flexibility index (Phi) is 5.65. The van der Waals surface area contributed by atoms with Gasteiger partial charge in [0.1, 0.15) is 18.5 Å². The van der Waals surface area contributed by atoms with Crippen LogP contribution in [0, 0.1) is 0 Å². The standard InChI is InChI=1S/C19H24N2O6/c1-3-17(22)20-11-4-7-15-13(8-11)19(25)21(2)14-6-5-12(9-18(23)24)27-16(14)10-26-15/h4,7-8,12,14,16H,3,5-6,9-10H2,1-2H3,(H,20,22)(H,23,24)/t12-,14-,16+/m0/s1. The molecule has 1 aromatic carbocycles. The van der Waals surface area contributed by atoms with Crippen molar-refractivity contribution >= 4 is 23.5 Å². The summed E-state index contributed by atoms with van der Waals surface area (Å²) in [5.41, 5.74) is 0.932. The molecule has 2 heterocycles. The summed E-state index contributed by atoms with van der Waals surface area (Å²) in [4.78, 5) is 37.2. The number of hydrogen-bond donors (Lipinski definition) is 2. The van der Waals surface area contributed by atoms with Crippen LogP contribution < -0.4 is 10.1 Å². The van der Waals surface area contributed by atoms with Crippen LogP contribution in [0.25, 0.3) is 0 Å². The number of carboxylic acids is 1. The van der Waals surface area contributed by atoms with Gasteiger partial charge >= 0.3 is 5.97 Å². The van der Waals surface area contributed by atoms with Crippen molar-refractivity contribution in [3.63, 3.8) is 0 Å². The quantitative estimate of drug-likeness (QED) is 0.831. The lowest BCUT2D eigenvalue weighted by molar-refractivity contribution is -0.148. The van der Waals surface area contributed by atoms with Crippen LogP contribution in [-0.2, 0) is 14.3 Å². The van der Waals surface area contributed by atoms with Crippen molar-refractivity contribution in [2.75, 3.05) is 19.0 Å². The number of ether oxygens (including phenoxy) is 2. The monoisotopic (exact) mass is 376 g/mol. The fraction of sp³-hybridized carbons (Fsp3) is 0.526. The zero-order valence-corrected chi connectivity index (χ0v) is 15.4. The number of benzene rings is 1. The maximum absolute atomic E-state index is 13.0. The van der Waals surface area contributed by atoms with Gasteiger partial charge in [-0.2, -0.15) is 0 Å². The largest absolute Gasteiger partial charge is 0.490 e. The van der Waals surface area contributed by atoms with Gasteiger partial charge in [0.25, 0.3) is 5.91 Å². The maximum Gasteiger partial charge on any atom is 0.305 e. The molecule has 2 N–H and O–H groups in total. The van der Waals surface area contributed by atoms with Crippen LogP contribution in [0.15, 0.2) is 18.2 Å². The summed E-state index contributed by atoms with van der Waals surface area (Å²) >= 11 is 0. The molecule has 1 saturated heterocycles. The van der Waals surface area contributed by atoms with Crippen LogP contribution in [0.5, 0.6) is 5.75 Å². The lowest BCUT2D eigenvalue weighted by atomic mass is 9.94. The van der Waals surface area contributed by atoms with Gasteiger partial charge < -0.3 is 24.8 Å². The highest BCUT2D eigenvalue weighted by Crippen LogP contribution is 2.32. The molecule has 0 saturated carbocycles. The number of nitrogens with one attached hydrogen (secondary N) is 1. The third-order valence-electron chi connectivity index (χ3n) is 5.02. The molecule has 27 heavy (non-hydrogen) atoms. The average molecular weight is 376 g/mol. The van der Waals surface area contributed by atoms with Crippen molar-refractivity contribution in [3.05, 3.63) is 23.8 Å². The molecule has 1 aromatic rings. The Balaban J connectivity index is 1.82. The second kappa shape index (κ2) is 7.96.